The van der Waals surface area contributed by atoms with Crippen LogP contribution in [-0.2, 0) is 0 Å². The van der Waals surface area contributed by atoms with E-state index in [0.717, 1.165) is 22.0 Å². The van der Waals surface area contributed by atoms with Gasteiger partial charge in [0, 0.05) is 4.90 Å². The van der Waals surface area contributed by atoms with E-state index in [1.165, 1.54) is 0 Å². The molecule has 2 aromatic carbocycles. The largest absolute Gasteiger partial charge is 0.481 e. The second kappa shape index (κ2) is 9.69. The molecule has 0 saturated heterocycles. The monoisotopic (exact) mass is 339 g/mol. The Morgan fingerprint density at radius 1 is 1.12 bits per heavy atom. The smallest absolute Gasteiger partial charge is 0.253 e. The zero-order valence-corrected chi connectivity index (χ0v) is 14.8. The molecule has 0 saturated carbocycles. The zero-order chi connectivity index (χ0) is 17.2. The summed E-state index contributed by atoms with van der Waals surface area (Å²) in [6.07, 6.45) is 0. The summed E-state index contributed by atoms with van der Waals surface area (Å²) in [7, 11) is 0. The van der Waals surface area contributed by atoms with Crippen molar-refractivity contribution in [1.29, 1.82) is 0 Å². The standard InChI is InChI=1S/C20H21NO2S/c1-3-24-19-13-7-5-11-17(19)20(22)21-14-8-9-15-23-18-12-6-4-10-16(18)2/h4-7,10-13H,3,14-15H2,1-2H3,(H,21,22). The Bertz CT molecular complexity index is 747. The van der Waals surface area contributed by atoms with Crippen LogP contribution in [0.3, 0.4) is 0 Å². The molecule has 4 heteroatoms. The summed E-state index contributed by atoms with van der Waals surface area (Å²) in [6, 6.07) is 15.4. The lowest BCUT2D eigenvalue weighted by Crippen LogP contribution is -2.24. The minimum atomic E-state index is -0.0966. The minimum absolute atomic E-state index is 0.0966. The highest BCUT2D eigenvalue weighted by atomic mass is 32.2. The molecule has 0 heterocycles. The molecule has 0 aliphatic rings. The number of carbonyl (C=O) groups excluding carboxylic acids is 1. The van der Waals surface area contributed by atoms with Crippen LogP contribution >= 0.6 is 11.8 Å². The fourth-order valence-electron chi connectivity index (χ4n) is 2.10. The first kappa shape index (κ1) is 18.0. The molecule has 2 aromatic rings. The van der Waals surface area contributed by atoms with Crippen LogP contribution in [0.5, 0.6) is 5.75 Å². The van der Waals surface area contributed by atoms with Gasteiger partial charge in [0.1, 0.15) is 12.4 Å². The van der Waals surface area contributed by atoms with Crippen molar-refractivity contribution in [3.63, 3.8) is 0 Å². The number of amides is 1. The molecule has 0 aliphatic heterocycles. The van der Waals surface area contributed by atoms with Crippen molar-refractivity contribution in [3.05, 3.63) is 59.7 Å². The van der Waals surface area contributed by atoms with Gasteiger partial charge in [0.2, 0.25) is 0 Å². The fraction of sp³-hybridized carbons (Fsp3) is 0.250. The van der Waals surface area contributed by atoms with Gasteiger partial charge in [-0.15, -0.1) is 11.8 Å². The highest BCUT2D eigenvalue weighted by Crippen LogP contribution is 2.21. The van der Waals surface area contributed by atoms with E-state index < -0.39 is 0 Å². The van der Waals surface area contributed by atoms with Gasteiger partial charge in [-0.05, 0) is 36.4 Å². The number of hydrogen-bond acceptors (Lipinski definition) is 3. The van der Waals surface area contributed by atoms with Crippen molar-refractivity contribution in [2.24, 2.45) is 0 Å². The molecule has 0 atom stereocenters. The van der Waals surface area contributed by atoms with Crippen LogP contribution in [0.2, 0.25) is 0 Å². The molecule has 0 aliphatic carbocycles. The second-order valence-electron chi connectivity index (χ2n) is 5.02. The number of ether oxygens (including phenoxy) is 1. The predicted molar refractivity (Wildman–Crippen MR) is 99.6 cm³/mol. The molecule has 2 rings (SSSR count). The van der Waals surface area contributed by atoms with Crippen LogP contribution in [0, 0.1) is 18.8 Å². The van der Waals surface area contributed by atoms with Gasteiger partial charge >= 0.3 is 0 Å². The van der Waals surface area contributed by atoms with Crippen LogP contribution in [0.25, 0.3) is 0 Å². The van der Waals surface area contributed by atoms with Crippen molar-refractivity contribution in [3.8, 4) is 17.6 Å². The van der Waals surface area contributed by atoms with Gasteiger partial charge in [0.25, 0.3) is 5.91 Å². The molecular formula is C20H21NO2S. The predicted octanol–water partition coefficient (Wildman–Crippen LogP) is 3.92. The van der Waals surface area contributed by atoms with E-state index in [0.29, 0.717) is 18.7 Å². The number of para-hydroxylation sites is 1. The summed E-state index contributed by atoms with van der Waals surface area (Å²) in [5.74, 6) is 7.50. The average molecular weight is 339 g/mol. The van der Waals surface area contributed by atoms with Gasteiger partial charge in [-0.3, -0.25) is 4.79 Å². The Labute approximate surface area is 147 Å². The van der Waals surface area contributed by atoms with Crippen molar-refractivity contribution in [2.75, 3.05) is 18.9 Å². The van der Waals surface area contributed by atoms with E-state index in [1.807, 2.05) is 55.5 Å². The molecule has 0 aromatic heterocycles. The Balaban J connectivity index is 1.80. The SMILES string of the molecule is CCSc1ccccc1C(=O)NCC#CCOc1ccccc1C. The number of nitrogens with one attached hydrogen (secondary N) is 1. The average Bonchev–Trinajstić information content (AvgIpc) is 2.60. The van der Waals surface area contributed by atoms with Gasteiger partial charge < -0.3 is 10.1 Å². The van der Waals surface area contributed by atoms with E-state index in [9.17, 15) is 4.79 Å². The Morgan fingerprint density at radius 2 is 1.88 bits per heavy atom. The lowest BCUT2D eigenvalue weighted by molar-refractivity contribution is 0.0956. The minimum Gasteiger partial charge on any atom is -0.481 e. The number of carbonyl (C=O) groups is 1. The number of rotatable bonds is 6. The number of thioether (sulfide) groups is 1. The molecule has 24 heavy (non-hydrogen) atoms. The fourth-order valence-corrected chi connectivity index (χ4v) is 2.90. The van der Waals surface area contributed by atoms with Crippen molar-refractivity contribution in [1.82, 2.24) is 5.32 Å². The first-order chi connectivity index (χ1) is 11.7. The maximum absolute atomic E-state index is 12.2. The summed E-state index contributed by atoms with van der Waals surface area (Å²) in [4.78, 5) is 13.2. The van der Waals surface area contributed by atoms with Crippen molar-refractivity contribution in [2.45, 2.75) is 18.7 Å². The Hall–Kier alpha value is -2.38. The third kappa shape index (κ3) is 5.36. The highest BCUT2D eigenvalue weighted by Gasteiger charge is 2.09. The lowest BCUT2D eigenvalue weighted by Gasteiger charge is -2.07. The van der Waals surface area contributed by atoms with Crippen LogP contribution in [0.1, 0.15) is 22.8 Å². The summed E-state index contributed by atoms with van der Waals surface area (Å²) < 4.78 is 5.59. The van der Waals surface area contributed by atoms with Gasteiger partial charge in [0.15, 0.2) is 0 Å². The van der Waals surface area contributed by atoms with Crippen molar-refractivity contribution < 1.29 is 9.53 Å². The van der Waals surface area contributed by atoms with Crippen LogP contribution in [-0.4, -0.2) is 24.8 Å². The van der Waals surface area contributed by atoms with E-state index in [1.54, 1.807) is 11.8 Å². The first-order valence-corrected chi connectivity index (χ1v) is 8.85. The Kier molecular flexibility index (Phi) is 7.25. The molecule has 0 spiro atoms. The second-order valence-corrected chi connectivity index (χ2v) is 6.33. The van der Waals surface area contributed by atoms with Gasteiger partial charge in [-0.25, -0.2) is 0 Å². The molecule has 3 nitrogen and oxygen atoms in total. The molecule has 1 N–H and O–H groups in total. The maximum atomic E-state index is 12.2. The molecule has 0 unspecified atom stereocenters. The van der Waals surface area contributed by atoms with E-state index in [4.69, 9.17) is 4.74 Å². The van der Waals surface area contributed by atoms with Crippen LogP contribution in [0.4, 0.5) is 0 Å². The van der Waals surface area contributed by atoms with Crippen molar-refractivity contribution >= 4 is 17.7 Å². The molecular weight excluding hydrogens is 318 g/mol. The third-order valence-electron chi connectivity index (χ3n) is 3.29. The van der Waals surface area contributed by atoms with E-state index >= 15 is 0 Å². The van der Waals surface area contributed by atoms with Crippen LogP contribution in [0.15, 0.2) is 53.4 Å². The van der Waals surface area contributed by atoms with E-state index in [-0.39, 0.29) is 5.91 Å². The summed E-state index contributed by atoms with van der Waals surface area (Å²) in [5.41, 5.74) is 1.78. The van der Waals surface area contributed by atoms with E-state index in [2.05, 4.69) is 24.1 Å². The quantitative estimate of drug-likeness (QED) is 0.640. The first-order valence-electron chi connectivity index (χ1n) is 7.86. The molecule has 0 fully saturated rings. The van der Waals surface area contributed by atoms with Gasteiger partial charge in [-0.2, -0.15) is 0 Å². The molecule has 0 bridgehead atoms. The normalized spacial score (nSPS) is 9.75. The maximum Gasteiger partial charge on any atom is 0.253 e. The zero-order valence-electron chi connectivity index (χ0n) is 14.0. The summed E-state index contributed by atoms with van der Waals surface area (Å²) >= 11 is 1.66. The van der Waals surface area contributed by atoms with Gasteiger partial charge in [-0.1, -0.05) is 49.1 Å². The summed E-state index contributed by atoms with van der Waals surface area (Å²) in [5, 5.41) is 2.83. The third-order valence-corrected chi connectivity index (χ3v) is 4.24. The number of aryl methyl sites for hydroxylation is 1. The lowest BCUT2D eigenvalue weighted by atomic mass is 10.2. The topological polar surface area (TPSA) is 38.3 Å². The van der Waals surface area contributed by atoms with Gasteiger partial charge in [0.05, 0.1) is 12.1 Å². The highest BCUT2D eigenvalue weighted by molar-refractivity contribution is 7.99. The summed E-state index contributed by atoms with van der Waals surface area (Å²) in [6.45, 7) is 4.68. The molecule has 0 radical (unpaired) electrons. The number of benzene rings is 2. The van der Waals surface area contributed by atoms with Crippen LogP contribution < -0.4 is 10.1 Å². The molecule has 124 valence electrons. The number of hydrogen-bond donors (Lipinski definition) is 1. The molecule has 1 amide bonds. The Morgan fingerprint density at radius 3 is 2.67 bits per heavy atom.